The van der Waals surface area contributed by atoms with Crippen molar-refractivity contribution in [2.45, 2.75) is 40.9 Å². The Kier molecular flexibility index (Phi) is 8.41. The second-order valence-electron chi connectivity index (χ2n) is 6.35. The first-order valence-corrected chi connectivity index (χ1v) is 9.80. The minimum Gasteiger partial charge on any atom is -0.489 e. The number of nitrogens with zero attached hydrogens (tertiary/aromatic N) is 3. The van der Waals surface area contributed by atoms with Crippen LogP contribution in [0.2, 0.25) is 0 Å². The van der Waals surface area contributed by atoms with Crippen LogP contribution >= 0.6 is 0 Å². The van der Waals surface area contributed by atoms with E-state index < -0.39 is 0 Å². The summed E-state index contributed by atoms with van der Waals surface area (Å²) in [5, 5.41) is 17.9. The predicted molar refractivity (Wildman–Crippen MR) is 116 cm³/mol. The van der Waals surface area contributed by atoms with Gasteiger partial charge >= 0.3 is 0 Å². The van der Waals surface area contributed by atoms with Gasteiger partial charge < -0.3 is 9.47 Å². The molecule has 0 fully saturated rings. The number of ether oxygens (including phenoxy) is 2. The van der Waals surface area contributed by atoms with E-state index in [4.69, 9.17) is 20.0 Å². The van der Waals surface area contributed by atoms with Gasteiger partial charge in [-0.25, -0.2) is 0 Å². The summed E-state index contributed by atoms with van der Waals surface area (Å²) in [4.78, 5) is 4.43. The van der Waals surface area contributed by atoms with Gasteiger partial charge in [0, 0.05) is 17.3 Å². The predicted octanol–water partition coefficient (Wildman–Crippen LogP) is 5.63. The Morgan fingerprint density at radius 2 is 1.57 bits per heavy atom. The third kappa shape index (κ3) is 5.83. The van der Waals surface area contributed by atoms with Crippen LogP contribution in [0.15, 0.2) is 54.7 Å². The van der Waals surface area contributed by atoms with E-state index >= 15 is 0 Å². The van der Waals surface area contributed by atoms with Crippen molar-refractivity contribution in [1.29, 1.82) is 10.5 Å². The molecule has 0 N–H and O–H groups in total. The van der Waals surface area contributed by atoms with Crippen LogP contribution in [0.25, 0.3) is 0 Å². The van der Waals surface area contributed by atoms with Crippen molar-refractivity contribution < 1.29 is 9.47 Å². The van der Waals surface area contributed by atoms with Crippen LogP contribution in [0.3, 0.4) is 0 Å². The lowest BCUT2D eigenvalue weighted by Crippen LogP contribution is -2.05. The fourth-order valence-corrected chi connectivity index (χ4v) is 2.78. The van der Waals surface area contributed by atoms with Crippen molar-refractivity contribution in [3.05, 3.63) is 88.2 Å². The average molecular weight is 399 g/mol. The Hall–Kier alpha value is -3.83. The average Bonchev–Trinajstić information content (AvgIpc) is 2.80. The highest BCUT2D eigenvalue weighted by Gasteiger charge is 2.11. The fraction of sp³-hybridized carbons (Fsp3) is 0.240. The molecule has 0 aliphatic rings. The van der Waals surface area contributed by atoms with E-state index in [1.165, 1.54) is 0 Å². The highest BCUT2D eigenvalue weighted by molar-refractivity contribution is 5.41. The smallest absolute Gasteiger partial charge is 0.144 e. The number of benzene rings is 2. The molecule has 0 amide bonds. The standard InChI is InChI=1S/C23H19N3O2.C2H6/c1-16-21(15-27-22-8-6-18(11-24)7-9-22)13-26-17(2)23(16)28-14-20-5-3-4-19(10-20)12-25;1-2/h3-10,13H,14-15H2,1-2H3;1-2H3. The van der Waals surface area contributed by atoms with E-state index in [-0.39, 0.29) is 0 Å². The van der Waals surface area contributed by atoms with E-state index in [1.807, 2.05) is 45.9 Å². The Labute approximate surface area is 178 Å². The van der Waals surface area contributed by atoms with Crippen molar-refractivity contribution >= 4 is 0 Å². The molecule has 0 atom stereocenters. The van der Waals surface area contributed by atoms with Crippen molar-refractivity contribution in [1.82, 2.24) is 4.98 Å². The lowest BCUT2D eigenvalue weighted by Gasteiger charge is -2.15. The minimum atomic E-state index is 0.352. The number of aryl methyl sites for hydroxylation is 1. The van der Waals surface area contributed by atoms with E-state index in [1.54, 1.807) is 36.5 Å². The number of aromatic nitrogens is 1. The van der Waals surface area contributed by atoms with E-state index in [0.29, 0.717) is 30.1 Å². The van der Waals surface area contributed by atoms with Gasteiger partial charge in [0.15, 0.2) is 0 Å². The molecule has 0 aliphatic carbocycles. The van der Waals surface area contributed by atoms with Gasteiger partial charge in [0.05, 0.1) is 29.0 Å². The molecule has 3 aromatic rings. The van der Waals surface area contributed by atoms with Crippen LogP contribution in [0, 0.1) is 36.5 Å². The zero-order chi connectivity index (χ0) is 21.9. The van der Waals surface area contributed by atoms with Crippen LogP contribution in [0.4, 0.5) is 0 Å². The summed E-state index contributed by atoms with van der Waals surface area (Å²) in [7, 11) is 0. The maximum atomic E-state index is 9.02. The van der Waals surface area contributed by atoms with Gasteiger partial charge in [-0.05, 0) is 55.8 Å². The molecule has 0 saturated carbocycles. The maximum Gasteiger partial charge on any atom is 0.144 e. The zero-order valence-electron chi connectivity index (χ0n) is 17.8. The van der Waals surface area contributed by atoms with Gasteiger partial charge in [0.1, 0.15) is 24.7 Å². The molecule has 5 heteroatoms. The number of hydrogen-bond acceptors (Lipinski definition) is 5. The molecule has 0 unspecified atom stereocenters. The number of pyridine rings is 1. The molecule has 30 heavy (non-hydrogen) atoms. The van der Waals surface area contributed by atoms with Gasteiger partial charge in [0.25, 0.3) is 0 Å². The highest BCUT2D eigenvalue weighted by atomic mass is 16.5. The first-order valence-electron chi connectivity index (χ1n) is 9.80. The molecule has 0 saturated heterocycles. The Bertz CT molecular complexity index is 1060. The van der Waals surface area contributed by atoms with Crippen molar-refractivity contribution in [3.63, 3.8) is 0 Å². The molecular formula is C25H25N3O2. The van der Waals surface area contributed by atoms with Crippen LogP contribution in [0.1, 0.15) is 47.4 Å². The van der Waals surface area contributed by atoms with E-state index in [9.17, 15) is 0 Å². The summed E-state index contributed by atoms with van der Waals surface area (Å²) < 4.78 is 11.8. The Balaban J connectivity index is 0.00000155. The number of rotatable bonds is 6. The molecule has 3 rings (SSSR count). The molecular weight excluding hydrogens is 374 g/mol. The van der Waals surface area contributed by atoms with Gasteiger partial charge in [-0.2, -0.15) is 10.5 Å². The molecule has 1 aromatic heterocycles. The topological polar surface area (TPSA) is 78.9 Å². The van der Waals surface area contributed by atoms with Crippen LogP contribution in [0.5, 0.6) is 11.5 Å². The quantitative estimate of drug-likeness (QED) is 0.537. The van der Waals surface area contributed by atoms with Crippen LogP contribution in [-0.2, 0) is 13.2 Å². The van der Waals surface area contributed by atoms with Gasteiger partial charge in [-0.1, -0.05) is 26.0 Å². The third-order valence-electron chi connectivity index (χ3n) is 4.38. The fourth-order valence-electron chi connectivity index (χ4n) is 2.78. The minimum absolute atomic E-state index is 0.352. The Morgan fingerprint density at radius 3 is 2.23 bits per heavy atom. The maximum absolute atomic E-state index is 9.02. The monoisotopic (exact) mass is 399 g/mol. The van der Waals surface area contributed by atoms with Crippen molar-refractivity contribution in [2.24, 2.45) is 0 Å². The van der Waals surface area contributed by atoms with E-state index in [0.717, 1.165) is 28.1 Å². The second-order valence-corrected chi connectivity index (χ2v) is 6.35. The van der Waals surface area contributed by atoms with Gasteiger partial charge in [-0.15, -0.1) is 0 Å². The third-order valence-corrected chi connectivity index (χ3v) is 4.38. The summed E-state index contributed by atoms with van der Waals surface area (Å²) >= 11 is 0. The molecule has 5 nitrogen and oxygen atoms in total. The van der Waals surface area contributed by atoms with Gasteiger partial charge in [0.2, 0.25) is 0 Å². The molecule has 1 heterocycles. The molecule has 0 bridgehead atoms. The van der Waals surface area contributed by atoms with Crippen LogP contribution in [-0.4, -0.2) is 4.98 Å². The van der Waals surface area contributed by atoms with Crippen molar-refractivity contribution in [3.8, 4) is 23.6 Å². The molecule has 152 valence electrons. The lowest BCUT2D eigenvalue weighted by atomic mass is 10.1. The molecule has 2 aromatic carbocycles. The van der Waals surface area contributed by atoms with E-state index in [2.05, 4.69) is 17.1 Å². The summed E-state index contributed by atoms with van der Waals surface area (Å²) in [6, 6.07) is 18.6. The lowest BCUT2D eigenvalue weighted by molar-refractivity contribution is 0.290. The summed E-state index contributed by atoms with van der Waals surface area (Å²) in [6.45, 7) is 8.59. The number of hydrogen-bond donors (Lipinski definition) is 0. The molecule has 0 radical (unpaired) electrons. The highest BCUT2D eigenvalue weighted by Crippen LogP contribution is 2.26. The first-order chi connectivity index (χ1) is 14.6. The SMILES string of the molecule is CC.Cc1ncc(COc2ccc(C#N)cc2)c(C)c1OCc1cccc(C#N)c1. The largest absolute Gasteiger partial charge is 0.489 e. The molecule has 0 spiro atoms. The first kappa shape index (κ1) is 22.5. The zero-order valence-corrected chi connectivity index (χ0v) is 17.8. The normalized spacial score (nSPS) is 9.53. The molecule has 0 aliphatic heterocycles. The second kappa shape index (κ2) is 11.2. The number of nitriles is 2. The summed E-state index contributed by atoms with van der Waals surface area (Å²) in [5.41, 5.74) is 4.83. The van der Waals surface area contributed by atoms with Crippen molar-refractivity contribution in [2.75, 3.05) is 0 Å². The van der Waals surface area contributed by atoms with Gasteiger partial charge in [-0.3, -0.25) is 4.98 Å². The summed E-state index contributed by atoms with van der Waals surface area (Å²) in [6.07, 6.45) is 1.79. The van der Waals surface area contributed by atoms with Crippen LogP contribution < -0.4 is 9.47 Å². The summed E-state index contributed by atoms with van der Waals surface area (Å²) in [5.74, 6) is 1.41. The Morgan fingerprint density at radius 1 is 0.867 bits per heavy atom.